The van der Waals surface area contributed by atoms with E-state index in [1.807, 2.05) is 0 Å². The van der Waals surface area contributed by atoms with Crippen molar-refractivity contribution in [2.24, 2.45) is 0 Å². The van der Waals surface area contributed by atoms with Crippen molar-refractivity contribution in [1.29, 1.82) is 0 Å². The zero-order valence-corrected chi connectivity index (χ0v) is 25.7. The number of nitrogens with one attached hydrogen (secondary N) is 1. The summed E-state index contributed by atoms with van der Waals surface area (Å²) in [5.41, 5.74) is 11.4. The van der Waals surface area contributed by atoms with E-state index in [1.54, 1.807) is 6.07 Å². The lowest BCUT2D eigenvalue weighted by Gasteiger charge is -2.26. The Hall–Kier alpha value is -2.58. The average molecular weight is 692 g/mol. The molecule has 4 aromatic rings. The van der Waals surface area contributed by atoms with Crippen molar-refractivity contribution in [2.75, 3.05) is 24.7 Å². The number of nitrogens with zero attached hydrogens (tertiary/aromatic N) is 6. The lowest BCUT2D eigenvalue weighted by atomic mass is 10.1. The number of thiol groups is 2. The third kappa shape index (κ3) is 5.44. The summed E-state index contributed by atoms with van der Waals surface area (Å²) < 4.78 is 79.9. The number of hydrogen-bond donors (Lipinski definition) is 5. The monoisotopic (exact) mass is 691 g/mol. The maximum atomic E-state index is 16.0. The Balaban J connectivity index is 1.19. The number of imidazole rings is 1. The standard InChI is InChI=1S/C21H24FN9O9P2S2/c22-12-14-11(38-20(12)30-2-1-9-15(23)25-6-26-16(9)30)5-36-41(33,43)39-10-3-8(4-35-42(34,44)40-14)37-19(10)31-7-27-13-17(31)28-21(24)29-18(13)32/h1-2,6-8,10-12,14,19-20H,3-5H2,(H,33,43)(H,34,44)(H2,23,25,26)(H3,24,28,29,32)/t8-,10+,11+,12-,14+,19+,20+,41-,42+/m0/s1. The van der Waals surface area contributed by atoms with Crippen molar-refractivity contribution in [3.05, 3.63) is 35.3 Å². The van der Waals surface area contributed by atoms with E-state index in [0.29, 0.717) is 5.39 Å². The number of H-pyrrole nitrogens is 1. The van der Waals surface area contributed by atoms with Gasteiger partial charge in [0.05, 0.1) is 31.0 Å². The highest BCUT2D eigenvalue weighted by Gasteiger charge is 2.52. The highest BCUT2D eigenvalue weighted by Crippen LogP contribution is 2.60. The molecule has 236 valence electrons. The van der Waals surface area contributed by atoms with Crippen molar-refractivity contribution in [3.8, 4) is 0 Å². The summed E-state index contributed by atoms with van der Waals surface area (Å²) >= 11 is 8.18. The predicted octanol–water partition coefficient (Wildman–Crippen LogP) is 2.14. The van der Waals surface area contributed by atoms with Gasteiger partial charge >= 0.3 is 13.6 Å². The topological polar surface area (TPSA) is 236 Å². The van der Waals surface area contributed by atoms with Crippen LogP contribution in [0.25, 0.3) is 22.2 Å². The van der Waals surface area contributed by atoms with Gasteiger partial charge in [-0.3, -0.25) is 32.4 Å². The number of halogens is 1. The van der Waals surface area contributed by atoms with Crippen LogP contribution in [-0.4, -0.2) is 77.9 Å². The van der Waals surface area contributed by atoms with Crippen LogP contribution >= 0.6 is 38.1 Å². The Bertz CT molecular complexity index is 1910. The fourth-order valence-electron chi connectivity index (χ4n) is 5.40. The first-order valence-corrected chi connectivity index (χ1v) is 18.3. The molecular weight excluding hydrogens is 667 g/mol. The van der Waals surface area contributed by atoms with Crippen molar-refractivity contribution in [1.82, 2.24) is 34.1 Å². The van der Waals surface area contributed by atoms with E-state index in [1.165, 1.54) is 28.0 Å². The van der Waals surface area contributed by atoms with Crippen LogP contribution in [-0.2, 0) is 36.7 Å². The van der Waals surface area contributed by atoms with E-state index in [4.69, 9.17) is 39.0 Å². The van der Waals surface area contributed by atoms with Gasteiger partial charge in [0.1, 0.15) is 36.1 Å². The molecule has 0 radical (unpaired) electrons. The second kappa shape index (κ2) is 11.0. The number of aromatic nitrogens is 7. The van der Waals surface area contributed by atoms with Gasteiger partial charge in [0, 0.05) is 12.6 Å². The lowest BCUT2D eigenvalue weighted by Crippen LogP contribution is -2.33. The van der Waals surface area contributed by atoms with Gasteiger partial charge in [0.15, 0.2) is 29.8 Å². The first kappa shape index (κ1) is 30.1. The summed E-state index contributed by atoms with van der Waals surface area (Å²) in [5, 5.41) is 0.456. The molecule has 0 saturated carbocycles. The first-order valence-electron chi connectivity index (χ1n) is 12.9. The number of hydrogen-bond acceptors (Lipinski definition) is 15. The molecule has 0 amide bonds. The number of alkyl halides is 1. The molecule has 18 nitrogen and oxygen atoms in total. The Morgan fingerprint density at radius 1 is 0.977 bits per heavy atom. The summed E-state index contributed by atoms with van der Waals surface area (Å²) in [7, 11) is 0. The van der Waals surface area contributed by atoms with Crippen LogP contribution in [0.2, 0.25) is 0 Å². The normalized spacial score (nSPS) is 36.6. The van der Waals surface area contributed by atoms with E-state index < -0.39 is 68.8 Å². The minimum Gasteiger partial charge on any atom is -0.383 e. The first-order chi connectivity index (χ1) is 20.9. The molecule has 0 aliphatic carbocycles. The van der Waals surface area contributed by atoms with Gasteiger partial charge in [0.25, 0.3) is 5.56 Å². The van der Waals surface area contributed by atoms with Gasteiger partial charge in [-0.1, -0.05) is 24.5 Å². The fourth-order valence-corrected chi connectivity index (χ4v) is 8.39. The molecule has 9 atom stereocenters. The molecule has 3 aliphatic rings. The number of nitrogen functional groups attached to an aromatic ring is 2. The summed E-state index contributed by atoms with van der Waals surface area (Å²) in [5.74, 6) is 0.00752. The summed E-state index contributed by atoms with van der Waals surface area (Å²) in [6.45, 7) is -9.37. The number of rotatable bonds is 2. The van der Waals surface area contributed by atoms with Crippen LogP contribution in [0.3, 0.4) is 0 Å². The van der Waals surface area contributed by atoms with E-state index in [0.717, 1.165) is 0 Å². The molecule has 0 spiro atoms. The van der Waals surface area contributed by atoms with Gasteiger partial charge < -0.3 is 25.5 Å². The quantitative estimate of drug-likeness (QED) is 0.150. The van der Waals surface area contributed by atoms with E-state index in [2.05, 4.69) is 49.4 Å². The summed E-state index contributed by atoms with van der Waals surface area (Å²) in [6, 6.07) is 1.59. The second-order valence-corrected chi connectivity index (χ2v) is 15.9. The van der Waals surface area contributed by atoms with Crippen molar-refractivity contribution in [3.63, 3.8) is 0 Å². The molecule has 7 heterocycles. The maximum absolute atomic E-state index is 16.0. The molecule has 23 heteroatoms. The van der Waals surface area contributed by atoms with Crippen LogP contribution < -0.4 is 17.0 Å². The molecule has 2 bridgehead atoms. The molecule has 3 saturated heterocycles. The largest absolute Gasteiger partial charge is 0.386 e. The van der Waals surface area contributed by atoms with Crippen LogP contribution in [0.4, 0.5) is 16.2 Å². The Labute approximate surface area is 256 Å². The fraction of sp³-hybridized carbons (Fsp3) is 0.476. The summed E-state index contributed by atoms with van der Waals surface area (Å²) in [6.07, 6.45) is -5.01. The minimum absolute atomic E-state index is 0.0291. The number of anilines is 2. The second-order valence-electron chi connectivity index (χ2n) is 10.1. The Kier molecular flexibility index (Phi) is 7.55. The molecule has 3 fully saturated rings. The van der Waals surface area contributed by atoms with E-state index in [9.17, 15) is 13.9 Å². The molecular formula is C21H24FN9O9P2S2. The number of aromatic amines is 1. The lowest BCUT2D eigenvalue weighted by molar-refractivity contribution is -0.0560. The van der Waals surface area contributed by atoms with Gasteiger partial charge in [0.2, 0.25) is 5.95 Å². The summed E-state index contributed by atoms with van der Waals surface area (Å²) in [4.78, 5) is 30.9. The highest BCUT2D eigenvalue weighted by atomic mass is 32.7. The molecule has 5 N–H and O–H groups in total. The molecule has 4 aromatic heterocycles. The predicted molar refractivity (Wildman–Crippen MR) is 157 cm³/mol. The Morgan fingerprint density at radius 3 is 2.57 bits per heavy atom. The van der Waals surface area contributed by atoms with Crippen LogP contribution in [0.15, 0.2) is 29.7 Å². The smallest absolute Gasteiger partial charge is 0.383 e. The number of nitrogens with two attached hydrogens (primary N) is 2. The minimum atomic E-state index is -4.25. The molecule has 7 rings (SSSR count). The average Bonchev–Trinajstić information content (AvgIpc) is 3.72. The van der Waals surface area contributed by atoms with E-state index >= 15 is 4.39 Å². The van der Waals surface area contributed by atoms with Crippen molar-refractivity contribution in [2.45, 2.75) is 49.5 Å². The van der Waals surface area contributed by atoms with Crippen LogP contribution in [0, 0.1) is 0 Å². The van der Waals surface area contributed by atoms with Crippen LogP contribution in [0.1, 0.15) is 18.9 Å². The van der Waals surface area contributed by atoms with Gasteiger partial charge in [-0.05, 0) is 6.07 Å². The highest BCUT2D eigenvalue weighted by molar-refractivity contribution is 8.44. The maximum Gasteiger partial charge on any atom is 0.386 e. The van der Waals surface area contributed by atoms with E-state index in [-0.39, 0.29) is 41.6 Å². The van der Waals surface area contributed by atoms with Gasteiger partial charge in [-0.25, -0.2) is 28.5 Å². The van der Waals surface area contributed by atoms with Gasteiger partial charge in [-0.15, -0.1) is 0 Å². The molecule has 0 unspecified atom stereocenters. The third-order valence-corrected chi connectivity index (χ3v) is 10.6. The third-order valence-electron chi connectivity index (χ3n) is 7.30. The SMILES string of the molecule is Nc1nc2c(ncn2[C@@H]2O[C@@H]3CO[P@@](=O)(S)O[C@H]4[C@H](F)[C@H](n5ccc6c(N)ncnc65)O[C@@H]4CO[P@](=O)(S)O[C@@H]2C3)c(=O)[nH]1. The molecule has 0 aromatic carbocycles. The number of fused-ring (bicyclic) bond motifs is 5. The van der Waals surface area contributed by atoms with Crippen molar-refractivity contribution >= 4 is 72.1 Å². The molecule has 44 heavy (non-hydrogen) atoms. The zero-order valence-electron chi connectivity index (χ0n) is 22.2. The van der Waals surface area contributed by atoms with Crippen LogP contribution in [0.5, 0.6) is 0 Å². The van der Waals surface area contributed by atoms with Crippen molar-refractivity contribution < 1.29 is 41.1 Å². The number of ether oxygens (including phenoxy) is 2. The zero-order chi connectivity index (χ0) is 31.0. The molecule has 3 aliphatic heterocycles. The van der Waals surface area contributed by atoms with Gasteiger partial charge in [-0.2, -0.15) is 4.98 Å². The Morgan fingerprint density at radius 2 is 1.75 bits per heavy atom.